The molecule has 4 nitrogen and oxygen atoms in total. The number of benzene rings is 1. The topological polar surface area (TPSA) is 72.5 Å². The molecule has 0 aromatic heterocycles. The largest absolute Gasteiger partial charge is 0.495 e. The molecular weight excluding hydrogens is 310 g/mol. The maximum absolute atomic E-state index is 11.0. The molecule has 0 saturated carbocycles. The Balaban J connectivity index is 2.48. The summed E-state index contributed by atoms with van der Waals surface area (Å²) in [7, 11) is 1.60. The third-order valence-corrected chi connectivity index (χ3v) is 4.20. The average molecular weight is 328 g/mol. The molecule has 0 bridgehead atoms. The second kappa shape index (κ2) is 5.92. The number of aliphatic carboxylic acids is 1. The van der Waals surface area contributed by atoms with Crippen LogP contribution in [0.2, 0.25) is 0 Å². The zero-order valence-corrected chi connectivity index (χ0v) is 12.5. The average Bonchev–Trinajstić information content (AvgIpc) is 2.38. The van der Waals surface area contributed by atoms with Gasteiger partial charge in [-0.2, -0.15) is 0 Å². The highest BCUT2D eigenvalue weighted by Gasteiger charge is 2.23. The van der Waals surface area contributed by atoms with Crippen molar-refractivity contribution < 1.29 is 14.6 Å². The SMILES string of the molecule is COc1c(Br)cc2c(c1CC(N)C(=O)O)CCCC2. The number of carbonyl (C=O) groups is 1. The van der Waals surface area contributed by atoms with E-state index in [9.17, 15) is 4.79 Å². The van der Waals surface area contributed by atoms with Gasteiger partial charge in [0, 0.05) is 12.0 Å². The summed E-state index contributed by atoms with van der Waals surface area (Å²) in [5, 5.41) is 9.00. The van der Waals surface area contributed by atoms with Crippen LogP contribution in [-0.2, 0) is 24.1 Å². The second-order valence-electron chi connectivity index (χ2n) is 4.86. The van der Waals surface area contributed by atoms with Gasteiger partial charge in [0.1, 0.15) is 11.8 Å². The van der Waals surface area contributed by atoms with E-state index in [1.165, 1.54) is 17.5 Å². The van der Waals surface area contributed by atoms with Crippen molar-refractivity contribution in [2.75, 3.05) is 7.11 Å². The van der Waals surface area contributed by atoms with Crippen molar-refractivity contribution in [2.45, 2.75) is 38.1 Å². The number of ether oxygens (including phenoxy) is 1. The Labute approximate surface area is 121 Å². The molecule has 0 heterocycles. The molecule has 1 aliphatic carbocycles. The number of rotatable bonds is 4. The standard InChI is InChI=1S/C14H18BrNO3/c1-19-13-10(7-12(16)14(17)18)9-5-3-2-4-8(9)6-11(13)15/h6,12H,2-5,7,16H2,1H3,(H,17,18). The molecule has 3 N–H and O–H groups in total. The molecule has 2 rings (SSSR count). The number of hydrogen-bond acceptors (Lipinski definition) is 3. The number of aryl methyl sites for hydroxylation is 1. The van der Waals surface area contributed by atoms with Crippen molar-refractivity contribution in [3.8, 4) is 5.75 Å². The summed E-state index contributed by atoms with van der Waals surface area (Å²) >= 11 is 3.50. The molecule has 0 radical (unpaired) electrons. The smallest absolute Gasteiger partial charge is 0.320 e. The van der Waals surface area contributed by atoms with Crippen molar-refractivity contribution in [2.24, 2.45) is 5.73 Å². The summed E-state index contributed by atoms with van der Waals surface area (Å²) in [5.74, 6) is -0.260. The highest BCUT2D eigenvalue weighted by Crippen LogP contribution is 2.38. The third-order valence-electron chi connectivity index (χ3n) is 3.61. The molecule has 0 saturated heterocycles. The van der Waals surface area contributed by atoms with Crippen LogP contribution in [0.5, 0.6) is 5.75 Å². The lowest BCUT2D eigenvalue weighted by Crippen LogP contribution is -2.33. The third kappa shape index (κ3) is 2.92. The lowest BCUT2D eigenvalue weighted by atomic mass is 9.85. The zero-order valence-electron chi connectivity index (χ0n) is 10.9. The number of carboxylic acids is 1. The van der Waals surface area contributed by atoms with Gasteiger partial charge < -0.3 is 15.6 Å². The molecule has 1 aliphatic rings. The summed E-state index contributed by atoms with van der Waals surface area (Å²) in [6.07, 6.45) is 4.62. The number of nitrogens with two attached hydrogens (primary N) is 1. The fourth-order valence-corrected chi connectivity index (χ4v) is 3.35. The summed E-state index contributed by atoms with van der Waals surface area (Å²) in [4.78, 5) is 11.0. The van der Waals surface area contributed by atoms with Gasteiger partial charge in [0.2, 0.25) is 0 Å². The molecule has 104 valence electrons. The molecule has 0 spiro atoms. The Bertz CT molecular complexity index is 502. The van der Waals surface area contributed by atoms with Crippen LogP contribution in [0.25, 0.3) is 0 Å². The van der Waals surface area contributed by atoms with Gasteiger partial charge in [-0.15, -0.1) is 0 Å². The van der Waals surface area contributed by atoms with Crippen LogP contribution in [0.15, 0.2) is 10.5 Å². The molecule has 1 unspecified atom stereocenters. The van der Waals surface area contributed by atoms with Crippen LogP contribution >= 0.6 is 15.9 Å². The Kier molecular flexibility index (Phi) is 4.47. The minimum Gasteiger partial charge on any atom is -0.495 e. The van der Waals surface area contributed by atoms with Gasteiger partial charge in [0.05, 0.1) is 11.6 Å². The summed E-state index contributed by atoms with van der Waals surface area (Å²) in [5.41, 5.74) is 9.14. The van der Waals surface area contributed by atoms with Gasteiger partial charge in [0.25, 0.3) is 0 Å². The van der Waals surface area contributed by atoms with Crippen LogP contribution in [0.3, 0.4) is 0 Å². The molecule has 0 amide bonds. The molecule has 0 aliphatic heterocycles. The van der Waals surface area contributed by atoms with Crippen molar-refractivity contribution >= 4 is 21.9 Å². The monoisotopic (exact) mass is 327 g/mol. The van der Waals surface area contributed by atoms with Crippen LogP contribution in [0.1, 0.15) is 29.5 Å². The molecule has 1 aromatic carbocycles. The first kappa shape index (κ1) is 14.3. The first-order valence-electron chi connectivity index (χ1n) is 6.40. The van der Waals surface area contributed by atoms with Gasteiger partial charge in [-0.1, -0.05) is 0 Å². The second-order valence-corrected chi connectivity index (χ2v) is 5.72. The Morgan fingerprint density at radius 3 is 2.84 bits per heavy atom. The Morgan fingerprint density at radius 2 is 2.21 bits per heavy atom. The first-order valence-corrected chi connectivity index (χ1v) is 7.19. The van der Waals surface area contributed by atoms with E-state index < -0.39 is 12.0 Å². The number of fused-ring (bicyclic) bond motifs is 1. The van der Waals surface area contributed by atoms with Gasteiger partial charge >= 0.3 is 5.97 Å². The minimum atomic E-state index is -0.980. The Morgan fingerprint density at radius 1 is 1.53 bits per heavy atom. The van der Waals surface area contributed by atoms with Crippen LogP contribution in [0.4, 0.5) is 0 Å². The zero-order chi connectivity index (χ0) is 14.0. The number of hydrogen-bond donors (Lipinski definition) is 2. The molecule has 1 atom stereocenters. The van der Waals surface area contributed by atoms with Crippen molar-refractivity contribution in [3.05, 3.63) is 27.2 Å². The summed E-state index contributed by atoms with van der Waals surface area (Å²) in [6.45, 7) is 0. The van der Waals surface area contributed by atoms with Gasteiger partial charge in [-0.3, -0.25) is 4.79 Å². The number of methoxy groups -OCH3 is 1. The van der Waals surface area contributed by atoms with Gasteiger partial charge in [-0.05, 0) is 58.8 Å². The van der Waals surface area contributed by atoms with Crippen molar-refractivity contribution in [1.29, 1.82) is 0 Å². The van der Waals surface area contributed by atoms with E-state index in [2.05, 4.69) is 22.0 Å². The van der Waals surface area contributed by atoms with Gasteiger partial charge in [-0.25, -0.2) is 0 Å². The summed E-state index contributed by atoms with van der Waals surface area (Å²) in [6, 6.07) is 1.19. The van der Waals surface area contributed by atoms with E-state index >= 15 is 0 Å². The van der Waals surface area contributed by atoms with Gasteiger partial charge in [0.15, 0.2) is 0 Å². The molecule has 5 heteroatoms. The van der Waals surface area contributed by atoms with Crippen molar-refractivity contribution in [1.82, 2.24) is 0 Å². The van der Waals surface area contributed by atoms with E-state index in [4.69, 9.17) is 15.6 Å². The van der Waals surface area contributed by atoms with Crippen LogP contribution < -0.4 is 10.5 Å². The molecule has 19 heavy (non-hydrogen) atoms. The number of halogens is 1. The highest BCUT2D eigenvalue weighted by atomic mass is 79.9. The lowest BCUT2D eigenvalue weighted by Gasteiger charge is -2.23. The molecule has 0 fully saturated rings. The Hall–Kier alpha value is -1.07. The van der Waals surface area contributed by atoms with Crippen LogP contribution in [-0.4, -0.2) is 24.2 Å². The molecule has 1 aromatic rings. The predicted molar refractivity (Wildman–Crippen MR) is 76.7 cm³/mol. The molecular formula is C14H18BrNO3. The lowest BCUT2D eigenvalue weighted by molar-refractivity contribution is -0.138. The maximum Gasteiger partial charge on any atom is 0.320 e. The fraction of sp³-hybridized carbons (Fsp3) is 0.500. The van der Waals surface area contributed by atoms with E-state index in [-0.39, 0.29) is 0 Å². The quantitative estimate of drug-likeness (QED) is 0.889. The number of carboxylic acid groups (broad SMARTS) is 1. The van der Waals surface area contributed by atoms with Crippen LogP contribution in [0, 0.1) is 0 Å². The predicted octanol–water partition coefficient (Wildman–Crippen LogP) is 2.29. The maximum atomic E-state index is 11.0. The summed E-state index contributed by atoms with van der Waals surface area (Å²) < 4.78 is 6.31. The minimum absolute atomic E-state index is 0.306. The van der Waals surface area contributed by atoms with E-state index in [0.29, 0.717) is 6.42 Å². The highest BCUT2D eigenvalue weighted by molar-refractivity contribution is 9.10. The van der Waals surface area contributed by atoms with E-state index in [0.717, 1.165) is 35.0 Å². The van der Waals surface area contributed by atoms with Crippen molar-refractivity contribution in [3.63, 3.8) is 0 Å². The van der Waals surface area contributed by atoms with E-state index in [1.807, 2.05) is 0 Å². The normalized spacial score (nSPS) is 15.7. The fourth-order valence-electron chi connectivity index (χ4n) is 2.68. The first-order chi connectivity index (χ1) is 9.04. The van der Waals surface area contributed by atoms with E-state index in [1.54, 1.807) is 7.11 Å².